The van der Waals surface area contributed by atoms with Crippen molar-refractivity contribution in [2.24, 2.45) is 11.3 Å². The smallest absolute Gasteiger partial charge is 0.228 e. The van der Waals surface area contributed by atoms with Gasteiger partial charge in [0.15, 0.2) is 0 Å². The standard InChI is InChI=1S/C14H19NO2/c1-14(2)9-12(14)13(17)15-11-5-3-10(4-6-11)7-8-16/h3-6,12,16H,7-9H2,1-2H3,(H,15,17). The molecular weight excluding hydrogens is 214 g/mol. The summed E-state index contributed by atoms with van der Waals surface area (Å²) in [4.78, 5) is 11.8. The Morgan fingerprint density at radius 1 is 1.41 bits per heavy atom. The maximum absolute atomic E-state index is 11.8. The summed E-state index contributed by atoms with van der Waals surface area (Å²) >= 11 is 0. The molecule has 0 bridgehead atoms. The molecular formula is C14H19NO2. The highest BCUT2D eigenvalue weighted by molar-refractivity contribution is 5.94. The molecule has 3 heteroatoms. The van der Waals surface area contributed by atoms with Crippen LogP contribution >= 0.6 is 0 Å². The van der Waals surface area contributed by atoms with E-state index in [4.69, 9.17) is 5.11 Å². The lowest BCUT2D eigenvalue weighted by Crippen LogP contribution is -2.16. The maximum atomic E-state index is 11.8. The highest BCUT2D eigenvalue weighted by Gasteiger charge is 2.50. The van der Waals surface area contributed by atoms with Crippen LogP contribution in [0.15, 0.2) is 24.3 Å². The van der Waals surface area contributed by atoms with Gasteiger partial charge in [-0.3, -0.25) is 4.79 Å². The summed E-state index contributed by atoms with van der Waals surface area (Å²) in [6.07, 6.45) is 1.63. The van der Waals surface area contributed by atoms with Crippen LogP contribution in [0.3, 0.4) is 0 Å². The van der Waals surface area contributed by atoms with Gasteiger partial charge in [0.05, 0.1) is 0 Å². The SMILES string of the molecule is CC1(C)CC1C(=O)Nc1ccc(CCO)cc1. The number of carbonyl (C=O) groups excluding carboxylic acids is 1. The van der Waals surface area contributed by atoms with Crippen molar-refractivity contribution in [2.75, 3.05) is 11.9 Å². The summed E-state index contributed by atoms with van der Waals surface area (Å²) in [5.74, 6) is 0.268. The number of amides is 1. The number of anilines is 1. The molecule has 1 aromatic rings. The third-order valence-electron chi connectivity index (χ3n) is 3.45. The predicted molar refractivity (Wildman–Crippen MR) is 67.7 cm³/mol. The summed E-state index contributed by atoms with van der Waals surface area (Å²) in [6, 6.07) is 7.64. The average molecular weight is 233 g/mol. The third kappa shape index (κ3) is 2.86. The van der Waals surface area contributed by atoms with Crippen molar-refractivity contribution in [1.29, 1.82) is 0 Å². The number of rotatable bonds is 4. The third-order valence-corrected chi connectivity index (χ3v) is 3.45. The lowest BCUT2D eigenvalue weighted by Gasteiger charge is -2.07. The molecule has 92 valence electrons. The molecule has 1 amide bonds. The first-order valence-corrected chi connectivity index (χ1v) is 6.03. The van der Waals surface area contributed by atoms with Crippen LogP contribution in [0.25, 0.3) is 0 Å². The van der Waals surface area contributed by atoms with E-state index in [0.29, 0.717) is 6.42 Å². The van der Waals surface area contributed by atoms with Crippen LogP contribution in [0.5, 0.6) is 0 Å². The minimum atomic E-state index is 0.116. The lowest BCUT2D eigenvalue weighted by atomic mass is 10.1. The highest BCUT2D eigenvalue weighted by atomic mass is 16.2. The largest absolute Gasteiger partial charge is 0.396 e. The number of nitrogens with one attached hydrogen (secondary N) is 1. The van der Waals surface area contributed by atoms with Crippen LogP contribution in [0.4, 0.5) is 5.69 Å². The highest BCUT2D eigenvalue weighted by Crippen LogP contribution is 2.51. The Morgan fingerprint density at radius 3 is 2.47 bits per heavy atom. The van der Waals surface area contributed by atoms with Crippen molar-refractivity contribution in [3.8, 4) is 0 Å². The molecule has 1 aromatic carbocycles. The lowest BCUT2D eigenvalue weighted by molar-refractivity contribution is -0.118. The van der Waals surface area contributed by atoms with Gasteiger partial charge in [-0.1, -0.05) is 26.0 Å². The van der Waals surface area contributed by atoms with E-state index in [1.165, 1.54) is 0 Å². The van der Waals surface area contributed by atoms with Gasteiger partial charge in [-0.15, -0.1) is 0 Å². The summed E-state index contributed by atoms with van der Waals surface area (Å²) in [5, 5.41) is 11.7. The molecule has 0 aromatic heterocycles. The van der Waals surface area contributed by atoms with E-state index in [2.05, 4.69) is 19.2 Å². The fourth-order valence-corrected chi connectivity index (χ4v) is 2.03. The second-order valence-electron chi connectivity index (χ2n) is 5.41. The molecule has 0 spiro atoms. The summed E-state index contributed by atoms with van der Waals surface area (Å²) < 4.78 is 0. The molecule has 0 aliphatic heterocycles. The van der Waals surface area contributed by atoms with Gasteiger partial charge in [-0.25, -0.2) is 0 Å². The monoisotopic (exact) mass is 233 g/mol. The number of aliphatic hydroxyl groups is 1. The fourth-order valence-electron chi connectivity index (χ4n) is 2.03. The molecule has 0 saturated heterocycles. The van der Waals surface area contributed by atoms with Crippen molar-refractivity contribution in [3.05, 3.63) is 29.8 Å². The van der Waals surface area contributed by atoms with Crippen LogP contribution in [-0.2, 0) is 11.2 Å². The van der Waals surface area contributed by atoms with Gasteiger partial charge in [0.25, 0.3) is 0 Å². The topological polar surface area (TPSA) is 49.3 Å². The zero-order valence-corrected chi connectivity index (χ0v) is 10.4. The molecule has 3 nitrogen and oxygen atoms in total. The Morgan fingerprint density at radius 2 is 2.00 bits per heavy atom. The van der Waals surface area contributed by atoms with Crippen LogP contribution in [0.2, 0.25) is 0 Å². The second-order valence-corrected chi connectivity index (χ2v) is 5.41. The molecule has 2 rings (SSSR count). The summed E-state index contributed by atoms with van der Waals surface area (Å²) in [6.45, 7) is 4.38. The van der Waals surface area contributed by atoms with Gasteiger partial charge in [0.2, 0.25) is 5.91 Å². The second kappa shape index (κ2) is 4.49. The zero-order valence-electron chi connectivity index (χ0n) is 10.4. The van der Waals surface area contributed by atoms with Crippen molar-refractivity contribution >= 4 is 11.6 Å². The van der Waals surface area contributed by atoms with Gasteiger partial charge in [0.1, 0.15) is 0 Å². The van der Waals surface area contributed by atoms with E-state index >= 15 is 0 Å². The molecule has 1 saturated carbocycles. The van der Waals surface area contributed by atoms with Crippen molar-refractivity contribution in [1.82, 2.24) is 0 Å². The van der Waals surface area contributed by atoms with Gasteiger partial charge in [-0.2, -0.15) is 0 Å². The summed E-state index contributed by atoms with van der Waals surface area (Å²) in [7, 11) is 0. The summed E-state index contributed by atoms with van der Waals surface area (Å²) in [5.41, 5.74) is 2.08. The van der Waals surface area contributed by atoms with E-state index in [9.17, 15) is 4.79 Å². The minimum Gasteiger partial charge on any atom is -0.396 e. The van der Waals surface area contributed by atoms with E-state index < -0.39 is 0 Å². The Bertz CT molecular complexity index is 409. The average Bonchev–Trinajstić information content (AvgIpc) is 2.91. The number of carbonyl (C=O) groups is 1. The number of benzene rings is 1. The molecule has 1 aliphatic carbocycles. The van der Waals surface area contributed by atoms with E-state index in [0.717, 1.165) is 17.7 Å². The molecule has 0 heterocycles. The predicted octanol–water partition coefficient (Wildman–Crippen LogP) is 2.21. The Kier molecular flexibility index (Phi) is 3.20. The van der Waals surface area contributed by atoms with Crippen LogP contribution in [0.1, 0.15) is 25.8 Å². The van der Waals surface area contributed by atoms with E-state index in [-0.39, 0.29) is 23.8 Å². The molecule has 2 N–H and O–H groups in total. The molecule has 1 atom stereocenters. The van der Waals surface area contributed by atoms with E-state index in [1.54, 1.807) is 0 Å². The Balaban J connectivity index is 1.93. The minimum absolute atomic E-state index is 0.116. The quantitative estimate of drug-likeness (QED) is 0.837. The zero-order chi connectivity index (χ0) is 12.5. The molecule has 1 fully saturated rings. The van der Waals surface area contributed by atoms with Gasteiger partial charge in [-0.05, 0) is 36.0 Å². The molecule has 0 radical (unpaired) electrons. The van der Waals surface area contributed by atoms with E-state index in [1.807, 2.05) is 24.3 Å². The van der Waals surface area contributed by atoms with Crippen LogP contribution in [0, 0.1) is 11.3 Å². The van der Waals surface area contributed by atoms with Crippen molar-refractivity contribution in [3.63, 3.8) is 0 Å². The normalized spacial score (nSPS) is 21.0. The maximum Gasteiger partial charge on any atom is 0.228 e. The van der Waals surface area contributed by atoms with Crippen molar-refractivity contribution < 1.29 is 9.90 Å². The first kappa shape index (κ1) is 12.1. The van der Waals surface area contributed by atoms with Gasteiger partial charge in [0, 0.05) is 18.2 Å². The van der Waals surface area contributed by atoms with Crippen LogP contribution in [-0.4, -0.2) is 17.6 Å². The first-order chi connectivity index (χ1) is 8.03. The van der Waals surface area contributed by atoms with Crippen molar-refractivity contribution in [2.45, 2.75) is 26.7 Å². The molecule has 1 unspecified atom stereocenters. The first-order valence-electron chi connectivity index (χ1n) is 6.03. The fraction of sp³-hybridized carbons (Fsp3) is 0.500. The molecule has 1 aliphatic rings. The number of aliphatic hydroxyl groups excluding tert-OH is 1. The van der Waals surface area contributed by atoms with Crippen LogP contribution < -0.4 is 5.32 Å². The number of hydrogen-bond acceptors (Lipinski definition) is 2. The Labute approximate surface area is 102 Å². The Hall–Kier alpha value is -1.35. The van der Waals surface area contributed by atoms with Gasteiger partial charge >= 0.3 is 0 Å². The number of hydrogen-bond donors (Lipinski definition) is 2. The van der Waals surface area contributed by atoms with Gasteiger partial charge < -0.3 is 10.4 Å². The molecule has 17 heavy (non-hydrogen) atoms.